The third-order valence-corrected chi connectivity index (χ3v) is 3.93. The van der Waals surface area contributed by atoms with Gasteiger partial charge in [0.15, 0.2) is 5.69 Å². The maximum absolute atomic E-state index is 11.0. The Morgan fingerprint density at radius 2 is 1.78 bits per heavy atom. The van der Waals surface area contributed by atoms with Crippen LogP contribution in [0.25, 0.3) is 0 Å². The van der Waals surface area contributed by atoms with Crippen LogP contribution < -0.4 is 0 Å². The van der Waals surface area contributed by atoms with Crippen molar-refractivity contribution in [1.82, 2.24) is 5.16 Å². The largest absolute Gasteiger partial charge is 0.354 e. The molecule has 0 fully saturated rings. The average Bonchev–Trinajstić information content (AvgIpc) is 2.82. The Morgan fingerprint density at radius 3 is 2.39 bits per heavy atom. The van der Waals surface area contributed by atoms with Gasteiger partial charge < -0.3 is 4.52 Å². The molecular weight excluding hydrogens is 302 g/mol. The lowest BCUT2D eigenvalue weighted by Crippen LogP contribution is -2.17. The fourth-order valence-electron chi connectivity index (χ4n) is 2.72. The van der Waals surface area contributed by atoms with E-state index in [1.165, 1.54) is 26.2 Å². The lowest BCUT2D eigenvalue weighted by molar-refractivity contribution is -0.488. The Kier molecular flexibility index (Phi) is 8.21. The van der Waals surface area contributed by atoms with Crippen molar-refractivity contribution in [2.45, 2.75) is 65.2 Å². The van der Waals surface area contributed by atoms with Crippen LogP contribution in [0.2, 0.25) is 0 Å². The summed E-state index contributed by atoms with van der Waals surface area (Å²) in [5, 5.41) is 25.5. The van der Waals surface area contributed by atoms with Crippen LogP contribution in [0, 0.1) is 33.1 Å². The van der Waals surface area contributed by atoms with Crippen molar-refractivity contribution in [3.8, 4) is 0 Å². The van der Waals surface area contributed by atoms with Gasteiger partial charge >= 0.3 is 5.69 Å². The van der Waals surface area contributed by atoms with E-state index in [9.17, 15) is 20.2 Å². The molecule has 8 heteroatoms. The molecule has 1 aromatic heterocycles. The minimum absolute atomic E-state index is 0.144. The first kappa shape index (κ1) is 19.1. The summed E-state index contributed by atoms with van der Waals surface area (Å²) >= 11 is 0. The number of aromatic nitrogens is 1. The Bertz CT molecular complexity index is 515. The van der Waals surface area contributed by atoms with Gasteiger partial charge in [0.2, 0.25) is 12.3 Å². The molecule has 0 aromatic carbocycles. The zero-order chi connectivity index (χ0) is 17.2. The molecule has 0 radical (unpaired) electrons. The van der Waals surface area contributed by atoms with Crippen LogP contribution in [0.1, 0.15) is 63.3 Å². The second-order valence-corrected chi connectivity index (χ2v) is 5.94. The molecule has 1 heterocycles. The lowest BCUT2D eigenvalue weighted by atomic mass is 9.95. The molecule has 0 amide bonds. The van der Waals surface area contributed by atoms with E-state index in [-0.39, 0.29) is 40.9 Å². The van der Waals surface area contributed by atoms with Crippen LogP contribution in [0.15, 0.2) is 4.52 Å². The number of rotatable bonds is 12. The van der Waals surface area contributed by atoms with Crippen molar-refractivity contribution >= 4 is 5.69 Å². The Labute approximate surface area is 135 Å². The molecular formula is C15H25N3O5. The minimum Gasteiger partial charge on any atom is -0.354 e. The van der Waals surface area contributed by atoms with Crippen molar-refractivity contribution in [1.29, 1.82) is 0 Å². The monoisotopic (exact) mass is 327 g/mol. The molecule has 0 aliphatic carbocycles. The highest BCUT2D eigenvalue weighted by atomic mass is 16.6. The van der Waals surface area contributed by atoms with E-state index in [0.29, 0.717) is 6.42 Å². The SMILES string of the molecule is CCCCCCCC[C@@H](Cc1onc(C)c1[N+](=O)[O-])C[N+](=O)[O-]. The van der Waals surface area contributed by atoms with Crippen LogP contribution >= 0.6 is 0 Å². The van der Waals surface area contributed by atoms with Gasteiger partial charge in [-0.3, -0.25) is 20.2 Å². The summed E-state index contributed by atoms with van der Waals surface area (Å²) < 4.78 is 5.01. The van der Waals surface area contributed by atoms with Crippen LogP contribution in [0.5, 0.6) is 0 Å². The van der Waals surface area contributed by atoms with Crippen LogP contribution in [-0.4, -0.2) is 21.5 Å². The molecule has 0 saturated heterocycles. The molecule has 0 unspecified atom stereocenters. The summed E-state index contributed by atoms with van der Waals surface area (Å²) in [6.07, 6.45) is 7.48. The maximum atomic E-state index is 11.0. The van der Waals surface area contributed by atoms with Crippen LogP contribution in [-0.2, 0) is 6.42 Å². The molecule has 0 N–H and O–H groups in total. The van der Waals surface area contributed by atoms with Crippen LogP contribution in [0.3, 0.4) is 0 Å². The second-order valence-electron chi connectivity index (χ2n) is 5.94. The first-order chi connectivity index (χ1) is 11.0. The lowest BCUT2D eigenvalue weighted by Gasteiger charge is -2.10. The second kappa shape index (κ2) is 9.91. The minimum atomic E-state index is -0.533. The number of nitrogens with zero attached hydrogens (tertiary/aromatic N) is 3. The smallest absolute Gasteiger partial charge is 0.334 e. The third-order valence-electron chi connectivity index (χ3n) is 3.93. The number of unbranched alkanes of at least 4 members (excludes halogenated alkanes) is 5. The van der Waals surface area contributed by atoms with Crippen molar-refractivity contribution in [2.75, 3.05) is 6.54 Å². The van der Waals surface area contributed by atoms with E-state index >= 15 is 0 Å². The predicted octanol–water partition coefficient (Wildman–Crippen LogP) is 4.08. The maximum Gasteiger partial charge on any atom is 0.334 e. The van der Waals surface area contributed by atoms with Gasteiger partial charge in [0.05, 0.1) is 4.92 Å². The molecule has 23 heavy (non-hydrogen) atoms. The summed E-state index contributed by atoms with van der Waals surface area (Å²) in [6, 6.07) is 0. The highest BCUT2D eigenvalue weighted by Gasteiger charge is 2.28. The highest BCUT2D eigenvalue weighted by molar-refractivity contribution is 5.37. The highest BCUT2D eigenvalue weighted by Crippen LogP contribution is 2.27. The summed E-state index contributed by atoms with van der Waals surface area (Å²) in [4.78, 5) is 21.0. The molecule has 0 aliphatic rings. The van der Waals surface area contributed by atoms with Gasteiger partial charge in [0, 0.05) is 17.3 Å². The van der Waals surface area contributed by atoms with E-state index in [1.54, 1.807) is 0 Å². The first-order valence-electron chi connectivity index (χ1n) is 8.17. The third kappa shape index (κ3) is 6.75. The van der Waals surface area contributed by atoms with Gasteiger partial charge in [-0.25, -0.2) is 0 Å². The first-order valence-corrected chi connectivity index (χ1v) is 8.17. The molecule has 0 bridgehead atoms. The number of aryl methyl sites for hydroxylation is 1. The Hall–Kier alpha value is -1.99. The number of hydrogen-bond acceptors (Lipinski definition) is 6. The van der Waals surface area contributed by atoms with Gasteiger partial charge in [0.1, 0.15) is 0 Å². The summed E-state index contributed by atoms with van der Waals surface area (Å²) in [7, 11) is 0. The van der Waals surface area contributed by atoms with E-state index in [0.717, 1.165) is 19.3 Å². The van der Waals surface area contributed by atoms with Gasteiger partial charge in [-0.2, -0.15) is 0 Å². The van der Waals surface area contributed by atoms with Gasteiger partial charge in [-0.05, 0) is 13.3 Å². The van der Waals surface area contributed by atoms with E-state index in [2.05, 4.69) is 12.1 Å². The van der Waals surface area contributed by atoms with Crippen molar-refractivity contribution in [3.05, 3.63) is 31.7 Å². The Morgan fingerprint density at radius 1 is 1.13 bits per heavy atom. The molecule has 0 spiro atoms. The number of hydrogen-bond donors (Lipinski definition) is 0. The fraction of sp³-hybridized carbons (Fsp3) is 0.800. The van der Waals surface area contributed by atoms with E-state index < -0.39 is 4.92 Å². The predicted molar refractivity (Wildman–Crippen MR) is 84.9 cm³/mol. The number of nitro groups is 2. The van der Waals surface area contributed by atoms with E-state index in [4.69, 9.17) is 4.52 Å². The quantitative estimate of drug-likeness (QED) is 0.325. The molecule has 130 valence electrons. The summed E-state index contributed by atoms with van der Waals surface area (Å²) in [5.74, 6) is -0.118. The fourth-order valence-corrected chi connectivity index (χ4v) is 2.72. The van der Waals surface area contributed by atoms with Crippen LogP contribution in [0.4, 0.5) is 5.69 Å². The zero-order valence-corrected chi connectivity index (χ0v) is 13.8. The topological polar surface area (TPSA) is 112 Å². The standard InChI is InChI=1S/C15H25N3O5/c1-3-4-5-6-7-8-9-13(11-17(19)20)10-14-15(18(21)22)12(2)16-23-14/h13H,3-11H2,1-2H3/t13-/m0/s1. The van der Waals surface area contributed by atoms with Gasteiger partial charge in [-0.1, -0.05) is 50.6 Å². The van der Waals surface area contributed by atoms with Crippen molar-refractivity contribution in [3.63, 3.8) is 0 Å². The molecule has 1 rings (SSSR count). The molecule has 1 atom stereocenters. The van der Waals surface area contributed by atoms with E-state index in [1.807, 2.05) is 0 Å². The van der Waals surface area contributed by atoms with Crippen molar-refractivity contribution in [2.24, 2.45) is 5.92 Å². The zero-order valence-electron chi connectivity index (χ0n) is 13.8. The average molecular weight is 327 g/mol. The van der Waals surface area contributed by atoms with Gasteiger partial charge in [-0.15, -0.1) is 0 Å². The normalized spacial score (nSPS) is 12.3. The molecule has 0 saturated carbocycles. The summed E-state index contributed by atoms with van der Waals surface area (Å²) in [6.45, 7) is 3.45. The van der Waals surface area contributed by atoms with Crippen molar-refractivity contribution < 1.29 is 14.4 Å². The molecule has 1 aromatic rings. The molecule has 0 aliphatic heterocycles. The summed E-state index contributed by atoms with van der Waals surface area (Å²) in [5.41, 5.74) is 0.0608. The Balaban J connectivity index is 2.58. The molecule has 8 nitrogen and oxygen atoms in total. The van der Waals surface area contributed by atoms with Gasteiger partial charge in [0.25, 0.3) is 0 Å².